The zero-order valence-corrected chi connectivity index (χ0v) is 10.4. The Kier molecular flexibility index (Phi) is 3.62. The van der Waals surface area contributed by atoms with Crippen LogP contribution in [0.1, 0.15) is 24.1 Å². The molecule has 0 radical (unpaired) electrons. The maximum absolute atomic E-state index is 12.7. The lowest BCUT2D eigenvalue weighted by Gasteiger charge is -2.11. The van der Waals surface area contributed by atoms with Crippen molar-refractivity contribution >= 4 is 0 Å². The largest absolute Gasteiger partial charge is 0.416 e. The van der Waals surface area contributed by atoms with E-state index < -0.39 is 11.7 Å². The SMILES string of the molecule is C[C@H](N)c1cccc(-c2cccc(C(F)(F)F)c2)c1. The van der Waals surface area contributed by atoms with Crippen LogP contribution in [0.3, 0.4) is 0 Å². The van der Waals surface area contributed by atoms with E-state index in [0.29, 0.717) is 5.56 Å². The third-order valence-corrected chi connectivity index (χ3v) is 2.94. The predicted octanol–water partition coefficient (Wildman–Crippen LogP) is 4.39. The average Bonchev–Trinajstić information content (AvgIpc) is 2.38. The van der Waals surface area contributed by atoms with Crippen LogP contribution in [0.15, 0.2) is 48.5 Å². The molecular weight excluding hydrogens is 251 g/mol. The molecule has 0 aliphatic carbocycles. The second kappa shape index (κ2) is 5.05. The molecular formula is C15H14F3N. The first-order valence-corrected chi connectivity index (χ1v) is 5.91. The molecule has 0 unspecified atom stereocenters. The minimum Gasteiger partial charge on any atom is -0.324 e. The molecule has 4 heteroatoms. The summed E-state index contributed by atoms with van der Waals surface area (Å²) in [5.41, 5.74) is 7.31. The Morgan fingerprint density at radius 1 is 0.947 bits per heavy atom. The van der Waals surface area contributed by atoms with E-state index in [-0.39, 0.29) is 6.04 Å². The third-order valence-electron chi connectivity index (χ3n) is 2.94. The van der Waals surface area contributed by atoms with Gasteiger partial charge in [-0.2, -0.15) is 13.2 Å². The Bertz CT molecular complexity index is 574. The van der Waals surface area contributed by atoms with Gasteiger partial charge < -0.3 is 5.73 Å². The minimum atomic E-state index is -4.32. The molecule has 19 heavy (non-hydrogen) atoms. The van der Waals surface area contributed by atoms with E-state index in [1.165, 1.54) is 6.07 Å². The molecule has 1 atom stereocenters. The molecule has 0 spiro atoms. The molecule has 0 saturated carbocycles. The van der Waals surface area contributed by atoms with E-state index in [9.17, 15) is 13.2 Å². The summed E-state index contributed by atoms with van der Waals surface area (Å²) in [7, 11) is 0. The molecule has 0 amide bonds. The lowest BCUT2D eigenvalue weighted by Crippen LogP contribution is -2.05. The second-order valence-electron chi connectivity index (χ2n) is 4.49. The fourth-order valence-corrected chi connectivity index (χ4v) is 1.88. The van der Waals surface area contributed by atoms with Gasteiger partial charge >= 0.3 is 6.18 Å². The third kappa shape index (κ3) is 3.15. The van der Waals surface area contributed by atoms with Crippen LogP contribution in [-0.4, -0.2) is 0 Å². The summed E-state index contributed by atoms with van der Waals surface area (Å²) in [6.45, 7) is 1.84. The fourth-order valence-electron chi connectivity index (χ4n) is 1.88. The van der Waals surface area contributed by atoms with Gasteiger partial charge in [-0.3, -0.25) is 0 Å². The molecule has 0 heterocycles. The smallest absolute Gasteiger partial charge is 0.324 e. The van der Waals surface area contributed by atoms with Crippen molar-refractivity contribution in [2.45, 2.75) is 19.1 Å². The van der Waals surface area contributed by atoms with Crippen LogP contribution in [0.5, 0.6) is 0 Å². The van der Waals surface area contributed by atoms with Crippen molar-refractivity contribution in [1.82, 2.24) is 0 Å². The monoisotopic (exact) mass is 265 g/mol. The molecule has 0 aliphatic rings. The molecule has 0 aromatic heterocycles. The number of rotatable bonds is 2. The van der Waals surface area contributed by atoms with E-state index in [1.54, 1.807) is 18.2 Å². The topological polar surface area (TPSA) is 26.0 Å². The van der Waals surface area contributed by atoms with Crippen LogP contribution < -0.4 is 5.73 Å². The van der Waals surface area contributed by atoms with Crippen molar-refractivity contribution < 1.29 is 13.2 Å². The summed E-state index contributed by atoms with van der Waals surface area (Å²) in [5.74, 6) is 0. The first kappa shape index (κ1) is 13.6. The van der Waals surface area contributed by atoms with Gasteiger partial charge in [-0.05, 0) is 41.8 Å². The highest BCUT2D eigenvalue weighted by Gasteiger charge is 2.30. The fraction of sp³-hybridized carbons (Fsp3) is 0.200. The highest BCUT2D eigenvalue weighted by molar-refractivity contribution is 5.65. The van der Waals surface area contributed by atoms with E-state index in [0.717, 1.165) is 23.3 Å². The number of halogens is 3. The van der Waals surface area contributed by atoms with E-state index in [2.05, 4.69) is 0 Å². The minimum absolute atomic E-state index is 0.147. The van der Waals surface area contributed by atoms with Gasteiger partial charge in [0.2, 0.25) is 0 Å². The van der Waals surface area contributed by atoms with Gasteiger partial charge in [0.15, 0.2) is 0 Å². The summed E-state index contributed by atoms with van der Waals surface area (Å²) in [5, 5.41) is 0. The van der Waals surface area contributed by atoms with Crippen LogP contribution in [-0.2, 0) is 6.18 Å². The normalized spacial score (nSPS) is 13.3. The van der Waals surface area contributed by atoms with Crippen LogP contribution >= 0.6 is 0 Å². The van der Waals surface area contributed by atoms with Crippen molar-refractivity contribution in [1.29, 1.82) is 0 Å². The van der Waals surface area contributed by atoms with Gasteiger partial charge in [-0.15, -0.1) is 0 Å². The molecule has 2 rings (SSSR count). The molecule has 0 saturated heterocycles. The van der Waals surface area contributed by atoms with Crippen molar-refractivity contribution in [2.24, 2.45) is 5.73 Å². The lowest BCUT2D eigenvalue weighted by molar-refractivity contribution is -0.137. The summed E-state index contributed by atoms with van der Waals surface area (Å²) >= 11 is 0. The number of benzene rings is 2. The predicted molar refractivity (Wildman–Crippen MR) is 69.5 cm³/mol. The van der Waals surface area contributed by atoms with Crippen LogP contribution in [0.4, 0.5) is 13.2 Å². The first-order valence-electron chi connectivity index (χ1n) is 5.91. The van der Waals surface area contributed by atoms with Crippen molar-refractivity contribution in [2.75, 3.05) is 0 Å². The zero-order chi connectivity index (χ0) is 14.0. The summed E-state index contributed by atoms with van der Waals surface area (Å²) in [6, 6.07) is 12.4. The Labute approximate surface area is 109 Å². The molecule has 100 valence electrons. The van der Waals surface area contributed by atoms with Crippen LogP contribution in [0.25, 0.3) is 11.1 Å². The number of nitrogens with two attached hydrogens (primary N) is 1. The summed E-state index contributed by atoms with van der Waals surface area (Å²) < 4.78 is 38.0. The molecule has 2 aromatic carbocycles. The Hall–Kier alpha value is -1.81. The van der Waals surface area contributed by atoms with Gasteiger partial charge in [-0.1, -0.05) is 30.3 Å². The number of hydrogen-bond donors (Lipinski definition) is 1. The van der Waals surface area contributed by atoms with Crippen molar-refractivity contribution in [3.63, 3.8) is 0 Å². The van der Waals surface area contributed by atoms with Crippen molar-refractivity contribution in [3.05, 3.63) is 59.7 Å². The molecule has 1 nitrogen and oxygen atoms in total. The summed E-state index contributed by atoms with van der Waals surface area (Å²) in [4.78, 5) is 0. The highest BCUT2D eigenvalue weighted by Crippen LogP contribution is 2.32. The Morgan fingerprint density at radius 2 is 1.53 bits per heavy atom. The van der Waals surface area contributed by atoms with E-state index in [4.69, 9.17) is 5.73 Å². The van der Waals surface area contributed by atoms with Crippen LogP contribution in [0, 0.1) is 0 Å². The Morgan fingerprint density at radius 3 is 2.11 bits per heavy atom. The molecule has 0 fully saturated rings. The van der Waals surface area contributed by atoms with Gasteiger partial charge in [0, 0.05) is 6.04 Å². The highest BCUT2D eigenvalue weighted by atomic mass is 19.4. The maximum atomic E-state index is 12.7. The number of hydrogen-bond acceptors (Lipinski definition) is 1. The van der Waals surface area contributed by atoms with Crippen molar-refractivity contribution in [3.8, 4) is 11.1 Å². The van der Waals surface area contributed by atoms with E-state index in [1.807, 2.05) is 19.1 Å². The molecule has 2 N–H and O–H groups in total. The first-order chi connectivity index (χ1) is 8.88. The maximum Gasteiger partial charge on any atom is 0.416 e. The quantitative estimate of drug-likeness (QED) is 0.856. The van der Waals surface area contributed by atoms with Crippen LogP contribution in [0.2, 0.25) is 0 Å². The van der Waals surface area contributed by atoms with Gasteiger partial charge in [0.1, 0.15) is 0 Å². The zero-order valence-electron chi connectivity index (χ0n) is 10.4. The standard InChI is InChI=1S/C15H14F3N/c1-10(19)11-4-2-5-12(8-11)13-6-3-7-14(9-13)15(16,17)18/h2-10H,19H2,1H3/t10-/m0/s1. The average molecular weight is 265 g/mol. The van der Waals surface area contributed by atoms with Gasteiger partial charge in [-0.25, -0.2) is 0 Å². The Balaban J connectivity index is 2.45. The molecule has 0 aliphatic heterocycles. The lowest BCUT2D eigenvalue weighted by atomic mass is 9.99. The molecule has 2 aromatic rings. The van der Waals surface area contributed by atoms with E-state index >= 15 is 0 Å². The van der Waals surface area contributed by atoms with Gasteiger partial charge in [0.05, 0.1) is 5.56 Å². The number of alkyl halides is 3. The second-order valence-corrected chi connectivity index (χ2v) is 4.49. The summed E-state index contributed by atoms with van der Waals surface area (Å²) in [6.07, 6.45) is -4.32. The van der Waals surface area contributed by atoms with Gasteiger partial charge in [0.25, 0.3) is 0 Å². The molecule has 0 bridgehead atoms.